The average molecular weight is 406 g/mol. The Hall–Kier alpha value is -2.50. The molecule has 1 amide bonds. The van der Waals surface area contributed by atoms with Gasteiger partial charge in [0, 0.05) is 12.6 Å². The van der Waals surface area contributed by atoms with Gasteiger partial charge in [-0.2, -0.15) is 0 Å². The van der Waals surface area contributed by atoms with Crippen LogP contribution in [-0.2, 0) is 20.7 Å². The molecule has 0 atom stereocenters. The monoisotopic (exact) mass is 405 g/mol. The van der Waals surface area contributed by atoms with Crippen LogP contribution in [0.5, 0.6) is 5.75 Å². The number of benzene rings is 1. The van der Waals surface area contributed by atoms with Gasteiger partial charge in [0.25, 0.3) is 0 Å². The normalized spacial score (nSPS) is 11.3. The lowest BCUT2D eigenvalue weighted by Crippen LogP contribution is -2.39. The predicted octanol–water partition coefficient (Wildman–Crippen LogP) is 4.76. The molecule has 0 aliphatic carbocycles. The van der Waals surface area contributed by atoms with Crippen molar-refractivity contribution in [2.24, 2.45) is 0 Å². The SMILES string of the molecule is CCCCc1ccc(OCCN(C/C=C/C(=O)OCC)C(=O)OC(C)(C)C)cc1. The summed E-state index contributed by atoms with van der Waals surface area (Å²) in [4.78, 5) is 25.4. The number of ether oxygens (including phenoxy) is 3. The number of carbonyl (C=O) groups excluding carboxylic acids is 2. The fraction of sp³-hybridized carbons (Fsp3) is 0.565. The number of hydrogen-bond donors (Lipinski definition) is 0. The third kappa shape index (κ3) is 11.2. The van der Waals surface area contributed by atoms with Crippen molar-refractivity contribution >= 4 is 12.1 Å². The van der Waals surface area contributed by atoms with Crippen LogP contribution < -0.4 is 4.74 Å². The van der Waals surface area contributed by atoms with Crippen LogP contribution in [0.4, 0.5) is 4.79 Å². The quantitative estimate of drug-likeness (QED) is 0.392. The molecule has 0 spiro atoms. The summed E-state index contributed by atoms with van der Waals surface area (Å²) >= 11 is 0. The molecule has 29 heavy (non-hydrogen) atoms. The predicted molar refractivity (Wildman–Crippen MR) is 114 cm³/mol. The Kier molecular flexibility index (Phi) is 10.9. The average Bonchev–Trinajstić information content (AvgIpc) is 2.65. The Morgan fingerprint density at radius 1 is 1.10 bits per heavy atom. The molecule has 0 heterocycles. The van der Waals surface area contributed by atoms with Crippen LogP contribution in [0.2, 0.25) is 0 Å². The topological polar surface area (TPSA) is 65.1 Å². The minimum Gasteiger partial charge on any atom is -0.492 e. The first-order valence-corrected chi connectivity index (χ1v) is 10.3. The standard InChI is InChI=1S/C23H35NO5/c1-6-8-10-19-12-14-20(15-13-19)28-18-17-24(22(26)29-23(3,4)5)16-9-11-21(25)27-7-2/h9,11-15H,6-8,10,16-18H2,1-5H3/b11-9+. The van der Waals surface area contributed by atoms with Crippen molar-refractivity contribution in [2.75, 3.05) is 26.3 Å². The maximum atomic E-state index is 12.4. The Morgan fingerprint density at radius 2 is 1.79 bits per heavy atom. The molecule has 0 fully saturated rings. The molecule has 0 unspecified atom stereocenters. The molecule has 6 nitrogen and oxygen atoms in total. The number of esters is 1. The van der Waals surface area contributed by atoms with Crippen molar-refractivity contribution in [2.45, 2.75) is 59.5 Å². The van der Waals surface area contributed by atoms with Gasteiger partial charge in [-0.05, 0) is 58.2 Å². The molecule has 0 radical (unpaired) electrons. The van der Waals surface area contributed by atoms with Crippen LogP contribution in [0, 0.1) is 0 Å². The zero-order chi connectivity index (χ0) is 21.7. The highest BCUT2D eigenvalue weighted by atomic mass is 16.6. The Balaban J connectivity index is 2.61. The molecule has 0 N–H and O–H groups in total. The van der Waals surface area contributed by atoms with E-state index in [1.807, 2.05) is 32.9 Å². The molecular weight excluding hydrogens is 370 g/mol. The highest BCUT2D eigenvalue weighted by molar-refractivity contribution is 5.82. The Bertz CT molecular complexity index is 646. The molecule has 162 valence electrons. The molecule has 6 heteroatoms. The van der Waals surface area contributed by atoms with Crippen molar-refractivity contribution in [3.8, 4) is 5.75 Å². The van der Waals surface area contributed by atoms with Gasteiger partial charge >= 0.3 is 12.1 Å². The first-order valence-electron chi connectivity index (χ1n) is 10.3. The van der Waals surface area contributed by atoms with E-state index >= 15 is 0 Å². The van der Waals surface area contributed by atoms with Crippen LogP contribution in [0.1, 0.15) is 53.0 Å². The lowest BCUT2D eigenvalue weighted by molar-refractivity contribution is -0.137. The van der Waals surface area contributed by atoms with Crippen LogP contribution >= 0.6 is 0 Å². The molecule has 0 aliphatic heterocycles. The van der Waals surface area contributed by atoms with E-state index in [0.717, 1.165) is 12.2 Å². The van der Waals surface area contributed by atoms with E-state index < -0.39 is 17.7 Å². The summed E-state index contributed by atoms with van der Waals surface area (Å²) in [5, 5.41) is 0. The fourth-order valence-corrected chi connectivity index (χ4v) is 2.46. The summed E-state index contributed by atoms with van der Waals surface area (Å²) in [7, 11) is 0. The molecule has 1 rings (SSSR count). The van der Waals surface area contributed by atoms with Gasteiger partial charge in [-0.15, -0.1) is 0 Å². The minimum atomic E-state index is -0.602. The molecule has 0 saturated heterocycles. The third-order valence-electron chi connectivity index (χ3n) is 3.89. The Labute approximate surface area is 174 Å². The van der Waals surface area contributed by atoms with E-state index in [1.165, 1.54) is 29.4 Å². The highest BCUT2D eigenvalue weighted by Gasteiger charge is 2.21. The van der Waals surface area contributed by atoms with Crippen molar-refractivity contribution in [3.05, 3.63) is 42.0 Å². The smallest absolute Gasteiger partial charge is 0.410 e. The van der Waals surface area contributed by atoms with Crippen molar-refractivity contribution in [3.63, 3.8) is 0 Å². The van der Waals surface area contributed by atoms with E-state index in [9.17, 15) is 9.59 Å². The summed E-state index contributed by atoms with van der Waals surface area (Å²) in [6.45, 7) is 10.6. The lowest BCUT2D eigenvalue weighted by Gasteiger charge is -2.26. The van der Waals surface area contributed by atoms with Gasteiger partial charge in [0.05, 0.1) is 13.2 Å². The first kappa shape index (κ1) is 24.5. The van der Waals surface area contributed by atoms with Crippen LogP contribution in [-0.4, -0.2) is 48.9 Å². The number of rotatable bonds is 11. The van der Waals surface area contributed by atoms with Crippen LogP contribution in [0.3, 0.4) is 0 Å². The van der Waals surface area contributed by atoms with Gasteiger partial charge in [0.1, 0.15) is 18.0 Å². The molecule has 0 bridgehead atoms. The summed E-state index contributed by atoms with van der Waals surface area (Å²) in [6, 6.07) is 8.03. The third-order valence-corrected chi connectivity index (χ3v) is 3.89. The summed E-state index contributed by atoms with van der Waals surface area (Å²) in [5.74, 6) is 0.326. The largest absolute Gasteiger partial charge is 0.492 e. The van der Waals surface area contributed by atoms with Crippen LogP contribution in [0.15, 0.2) is 36.4 Å². The van der Waals surface area contributed by atoms with E-state index in [0.29, 0.717) is 19.8 Å². The summed E-state index contributed by atoms with van der Waals surface area (Å²) in [6.07, 6.45) is 5.86. The zero-order valence-corrected chi connectivity index (χ0v) is 18.4. The minimum absolute atomic E-state index is 0.229. The molecule has 0 aromatic heterocycles. The van der Waals surface area contributed by atoms with Crippen molar-refractivity contribution in [1.82, 2.24) is 4.90 Å². The van der Waals surface area contributed by atoms with Crippen molar-refractivity contribution in [1.29, 1.82) is 0 Å². The van der Waals surface area contributed by atoms with E-state index in [-0.39, 0.29) is 6.54 Å². The Morgan fingerprint density at radius 3 is 2.38 bits per heavy atom. The van der Waals surface area contributed by atoms with Gasteiger partial charge in [0.15, 0.2) is 0 Å². The summed E-state index contributed by atoms with van der Waals surface area (Å²) < 4.78 is 16.1. The fourth-order valence-electron chi connectivity index (χ4n) is 2.46. The zero-order valence-electron chi connectivity index (χ0n) is 18.4. The number of unbranched alkanes of at least 4 members (excludes halogenated alkanes) is 1. The van der Waals surface area contributed by atoms with Gasteiger partial charge in [-0.3, -0.25) is 0 Å². The lowest BCUT2D eigenvalue weighted by atomic mass is 10.1. The maximum absolute atomic E-state index is 12.4. The van der Waals surface area contributed by atoms with Gasteiger partial charge in [-0.25, -0.2) is 9.59 Å². The van der Waals surface area contributed by atoms with Crippen molar-refractivity contribution < 1.29 is 23.8 Å². The molecule has 1 aromatic rings. The van der Waals surface area contributed by atoms with Gasteiger partial charge < -0.3 is 19.1 Å². The second kappa shape index (κ2) is 12.9. The number of carbonyl (C=O) groups is 2. The molecule has 0 aliphatic rings. The number of amides is 1. The second-order valence-corrected chi connectivity index (χ2v) is 7.68. The second-order valence-electron chi connectivity index (χ2n) is 7.68. The van der Waals surface area contributed by atoms with E-state index in [2.05, 4.69) is 19.1 Å². The van der Waals surface area contributed by atoms with Gasteiger partial charge in [-0.1, -0.05) is 31.6 Å². The first-order chi connectivity index (χ1) is 13.7. The maximum Gasteiger partial charge on any atom is 0.410 e. The van der Waals surface area contributed by atoms with Crippen LogP contribution in [0.25, 0.3) is 0 Å². The van der Waals surface area contributed by atoms with E-state index in [4.69, 9.17) is 14.2 Å². The highest BCUT2D eigenvalue weighted by Crippen LogP contribution is 2.14. The van der Waals surface area contributed by atoms with Gasteiger partial charge in [0.2, 0.25) is 0 Å². The molecular formula is C23H35NO5. The summed E-state index contributed by atoms with van der Waals surface area (Å²) in [5.41, 5.74) is 0.689. The molecule has 1 aromatic carbocycles. The number of nitrogens with zero attached hydrogens (tertiary/aromatic N) is 1. The number of hydrogen-bond acceptors (Lipinski definition) is 5. The van der Waals surface area contributed by atoms with E-state index in [1.54, 1.807) is 13.0 Å². The molecule has 0 saturated carbocycles. The number of aryl methyl sites for hydroxylation is 1.